The maximum absolute atomic E-state index is 10.4. The molecule has 10 heavy (non-hydrogen) atoms. The van der Waals surface area contributed by atoms with Gasteiger partial charge >= 0.3 is 0 Å². The van der Waals surface area contributed by atoms with E-state index in [0.29, 0.717) is 11.8 Å². The molecule has 3 atom stereocenters. The monoisotopic (exact) mass is 267 g/mol. The summed E-state index contributed by atoms with van der Waals surface area (Å²) in [6.07, 6.45) is 0.995. The summed E-state index contributed by atoms with van der Waals surface area (Å²) in [7, 11) is 0. The van der Waals surface area contributed by atoms with Gasteiger partial charge in [-0.15, -0.1) is 0 Å². The zero-order chi connectivity index (χ0) is 7.35. The Morgan fingerprint density at radius 1 is 1.60 bits per heavy atom. The van der Waals surface area contributed by atoms with Crippen LogP contribution in [0.15, 0.2) is 0 Å². The molecule has 4 heteroatoms. The molecule has 0 amide bonds. The molecule has 1 aliphatic carbocycles. The number of piperidine rings is 1. The van der Waals surface area contributed by atoms with E-state index in [9.17, 15) is 4.79 Å². The Kier molecular flexibility index (Phi) is 1.48. The molecule has 0 aromatic carbocycles. The first-order valence-electron chi connectivity index (χ1n) is 3.24. The minimum Gasteiger partial charge on any atom is -0.307 e. The zero-order valence-electron chi connectivity index (χ0n) is 5.18. The first-order chi connectivity index (χ1) is 4.68. The van der Waals surface area contributed by atoms with Crippen LogP contribution in [-0.2, 0) is 4.79 Å². The van der Waals surface area contributed by atoms with Crippen molar-refractivity contribution in [3.05, 3.63) is 0 Å². The number of carbonyl (C=O) groups excluding carboxylic acids is 1. The number of halogens is 2. The van der Waals surface area contributed by atoms with E-state index in [1.54, 1.807) is 0 Å². The summed E-state index contributed by atoms with van der Waals surface area (Å²) in [5, 5.41) is 3.13. The predicted octanol–water partition coefficient (Wildman–Crippen LogP) is 0.889. The third-order valence-electron chi connectivity index (χ3n) is 2.37. The molecule has 1 N–H and O–H groups in total. The normalized spacial score (nSPS) is 48.4. The topological polar surface area (TPSA) is 29.1 Å². The molecule has 1 aliphatic heterocycles. The van der Waals surface area contributed by atoms with E-state index in [4.69, 9.17) is 0 Å². The van der Waals surface area contributed by atoms with Crippen LogP contribution in [0.3, 0.4) is 0 Å². The molecule has 0 bridgehead atoms. The molecule has 0 unspecified atom stereocenters. The van der Waals surface area contributed by atoms with E-state index in [2.05, 4.69) is 37.2 Å². The summed E-state index contributed by atoms with van der Waals surface area (Å²) in [6, 6.07) is 0.0590. The van der Waals surface area contributed by atoms with Crippen LogP contribution in [0.4, 0.5) is 0 Å². The van der Waals surface area contributed by atoms with E-state index >= 15 is 0 Å². The number of hydrogen-bond donors (Lipinski definition) is 1. The third kappa shape index (κ3) is 0.756. The highest BCUT2D eigenvalue weighted by atomic mass is 79.9. The van der Waals surface area contributed by atoms with Crippen LogP contribution < -0.4 is 5.32 Å². The molecule has 0 aromatic rings. The van der Waals surface area contributed by atoms with Gasteiger partial charge in [-0.3, -0.25) is 0 Å². The van der Waals surface area contributed by atoms with Gasteiger partial charge in [0, 0.05) is 18.4 Å². The van der Waals surface area contributed by atoms with Crippen molar-refractivity contribution in [3.63, 3.8) is 0 Å². The number of hydrogen-bond acceptors (Lipinski definition) is 2. The van der Waals surface area contributed by atoms with Gasteiger partial charge in [-0.05, 0) is 0 Å². The summed E-state index contributed by atoms with van der Waals surface area (Å²) in [6.45, 7) is 0.949. The number of alkyl halides is 2. The summed E-state index contributed by atoms with van der Waals surface area (Å²) < 4.78 is 0.0663. The van der Waals surface area contributed by atoms with Crippen LogP contribution in [0.1, 0.15) is 0 Å². The number of aldehydes is 1. The molecule has 56 valence electrons. The SMILES string of the molecule is O=C[C@H]1NC[C@H]2[C@@H]1C2(Br)Br. The van der Waals surface area contributed by atoms with Crippen molar-refractivity contribution in [1.29, 1.82) is 0 Å². The van der Waals surface area contributed by atoms with Gasteiger partial charge in [0.25, 0.3) is 0 Å². The molecule has 0 radical (unpaired) electrons. The number of nitrogens with one attached hydrogen (secondary N) is 1. The zero-order valence-corrected chi connectivity index (χ0v) is 8.35. The average molecular weight is 269 g/mol. The highest BCUT2D eigenvalue weighted by molar-refractivity contribution is 9.25. The van der Waals surface area contributed by atoms with Gasteiger partial charge in [-0.1, -0.05) is 31.9 Å². The second kappa shape index (κ2) is 2.05. The molecule has 0 aromatic heterocycles. The fraction of sp³-hybridized carbons (Fsp3) is 0.833. The van der Waals surface area contributed by atoms with Crippen molar-refractivity contribution >= 4 is 38.1 Å². The van der Waals surface area contributed by atoms with Crippen LogP contribution in [0.5, 0.6) is 0 Å². The lowest BCUT2D eigenvalue weighted by Gasteiger charge is -2.09. The highest BCUT2D eigenvalue weighted by Crippen LogP contribution is 2.65. The Labute approximate surface area is 76.0 Å². The quantitative estimate of drug-likeness (QED) is 0.565. The van der Waals surface area contributed by atoms with Gasteiger partial charge in [-0.25, -0.2) is 0 Å². The Balaban J connectivity index is 2.13. The van der Waals surface area contributed by atoms with Crippen molar-refractivity contribution in [1.82, 2.24) is 5.32 Å². The first-order valence-corrected chi connectivity index (χ1v) is 4.83. The number of fused-ring (bicyclic) bond motifs is 1. The van der Waals surface area contributed by atoms with E-state index < -0.39 is 0 Å². The van der Waals surface area contributed by atoms with Gasteiger partial charge in [-0.2, -0.15) is 0 Å². The van der Waals surface area contributed by atoms with E-state index in [-0.39, 0.29) is 9.28 Å². The number of carbonyl (C=O) groups is 1. The summed E-state index contributed by atoms with van der Waals surface area (Å²) >= 11 is 7.06. The van der Waals surface area contributed by atoms with Gasteiger partial charge in [0.05, 0.1) is 9.28 Å². The Hall–Kier alpha value is 0.590. The van der Waals surface area contributed by atoms with Gasteiger partial charge in [0.2, 0.25) is 0 Å². The second-order valence-corrected chi connectivity index (χ2v) is 6.57. The van der Waals surface area contributed by atoms with Gasteiger partial charge < -0.3 is 10.1 Å². The minimum absolute atomic E-state index is 0.0590. The predicted molar refractivity (Wildman–Crippen MR) is 45.4 cm³/mol. The van der Waals surface area contributed by atoms with Crippen molar-refractivity contribution < 1.29 is 4.79 Å². The standard InChI is InChI=1S/C6H7Br2NO/c7-6(8)3-1-9-4(2-10)5(3)6/h2-5,9H,1H2/t3-,4+,5-/m0/s1. The largest absolute Gasteiger partial charge is 0.307 e. The second-order valence-electron chi connectivity index (χ2n) is 2.88. The molecule has 1 saturated heterocycles. The molecule has 1 saturated carbocycles. The lowest BCUT2D eigenvalue weighted by molar-refractivity contribution is -0.109. The van der Waals surface area contributed by atoms with Gasteiger partial charge in [0.15, 0.2) is 0 Å². The lowest BCUT2D eigenvalue weighted by Crippen LogP contribution is -2.31. The summed E-state index contributed by atoms with van der Waals surface area (Å²) in [4.78, 5) is 10.4. The smallest absolute Gasteiger partial charge is 0.137 e. The van der Waals surface area contributed by atoms with Gasteiger partial charge in [0.1, 0.15) is 6.29 Å². The fourth-order valence-corrected chi connectivity index (χ4v) is 3.53. The Bertz CT molecular complexity index is 183. The van der Waals surface area contributed by atoms with Crippen LogP contribution >= 0.6 is 31.9 Å². The Morgan fingerprint density at radius 2 is 2.30 bits per heavy atom. The molecular formula is C6H7Br2NO. The first kappa shape index (κ1) is 7.25. The van der Waals surface area contributed by atoms with Crippen molar-refractivity contribution in [2.24, 2.45) is 11.8 Å². The lowest BCUT2D eigenvalue weighted by atomic mass is 10.2. The maximum atomic E-state index is 10.4. The van der Waals surface area contributed by atoms with Crippen LogP contribution in [0.2, 0.25) is 0 Å². The van der Waals surface area contributed by atoms with Crippen LogP contribution in [-0.4, -0.2) is 22.1 Å². The summed E-state index contributed by atoms with van der Waals surface area (Å²) in [5.74, 6) is 1.06. The molecule has 2 nitrogen and oxygen atoms in total. The molecule has 0 spiro atoms. The number of rotatable bonds is 1. The molecule has 2 aliphatic rings. The van der Waals surface area contributed by atoms with E-state index in [1.165, 1.54) is 0 Å². The van der Waals surface area contributed by atoms with E-state index in [0.717, 1.165) is 12.8 Å². The summed E-state index contributed by atoms with van der Waals surface area (Å²) in [5.41, 5.74) is 0. The van der Waals surface area contributed by atoms with Crippen molar-refractivity contribution in [2.75, 3.05) is 6.54 Å². The Morgan fingerprint density at radius 3 is 2.60 bits per heavy atom. The van der Waals surface area contributed by atoms with E-state index in [1.807, 2.05) is 0 Å². The highest BCUT2D eigenvalue weighted by Gasteiger charge is 2.67. The molecule has 2 fully saturated rings. The minimum atomic E-state index is 0.0590. The van der Waals surface area contributed by atoms with Crippen LogP contribution in [0, 0.1) is 11.8 Å². The third-order valence-corrected chi connectivity index (χ3v) is 4.60. The average Bonchev–Trinajstić information content (AvgIpc) is 2.28. The van der Waals surface area contributed by atoms with Crippen molar-refractivity contribution in [2.45, 2.75) is 9.28 Å². The molecular weight excluding hydrogens is 262 g/mol. The molecule has 2 rings (SSSR count). The maximum Gasteiger partial charge on any atom is 0.137 e. The van der Waals surface area contributed by atoms with Crippen LogP contribution in [0.25, 0.3) is 0 Å². The molecule has 1 heterocycles. The fourth-order valence-electron chi connectivity index (χ4n) is 1.69. The van der Waals surface area contributed by atoms with Crippen molar-refractivity contribution in [3.8, 4) is 0 Å².